The van der Waals surface area contributed by atoms with Gasteiger partial charge < -0.3 is 15.0 Å². The Labute approximate surface area is 171 Å². The zero-order valence-electron chi connectivity index (χ0n) is 16.0. The van der Waals surface area contributed by atoms with Crippen LogP contribution in [0.25, 0.3) is 22.5 Å². The number of nitrogen functional groups attached to an aromatic ring is 1. The summed E-state index contributed by atoms with van der Waals surface area (Å²) in [5.41, 5.74) is 10.6. The SMILES string of the molecule is Cn1cc2c(n1)-c1ccc(F)cc1COc1cc(cnc1N)-c1c(C#N)ncn1C2. The Morgan fingerprint density at radius 1 is 1.23 bits per heavy atom. The highest BCUT2D eigenvalue weighted by molar-refractivity contribution is 5.70. The van der Waals surface area contributed by atoms with E-state index >= 15 is 0 Å². The molecule has 9 heteroatoms. The molecule has 2 bridgehead atoms. The summed E-state index contributed by atoms with van der Waals surface area (Å²) in [6.45, 7) is 0.507. The number of aromatic nitrogens is 5. The lowest BCUT2D eigenvalue weighted by Crippen LogP contribution is -2.07. The first-order chi connectivity index (χ1) is 14.5. The number of pyridine rings is 1. The van der Waals surface area contributed by atoms with E-state index in [2.05, 4.69) is 21.1 Å². The number of rotatable bonds is 0. The highest BCUT2D eigenvalue weighted by atomic mass is 19.1. The first-order valence-corrected chi connectivity index (χ1v) is 9.18. The second-order valence-corrected chi connectivity index (χ2v) is 7.06. The molecule has 0 atom stereocenters. The maximum Gasteiger partial charge on any atom is 0.166 e. The number of nitrogens with two attached hydrogens (primary N) is 1. The van der Waals surface area contributed by atoms with Gasteiger partial charge >= 0.3 is 0 Å². The zero-order valence-corrected chi connectivity index (χ0v) is 16.0. The van der Waals surface area contributed by atoms with Crippen LogP contribution in [0.2, 0.25) is 0 Å². The lowest BCUT2D eigenvalue weighted by Gasteiger charge is -2.16. The van der Waals surface area contributed by atoms with Crippen molar-refractivity contribution in [3.05, 3.63) is 65.6 Å². The number of anilines is 1. The second-order valence-electron chi connectivity index (χ2n) is 7.06. The van der Waals surface area contributed by atoms with Crippen molar-refractivity contribution in [1.82, 2.24) is 24.3 Å². The van der Waals surface area contributed by atoms with Gasteiger partial charge in [0, 0.05) is 41.7 Å². The Bertz CT molecular complexity index is 1330. The minimum Gasteiger partial charge on any atom is -0.485 e. The molecule has 4 aromatic rings. The second kappa shape index (κ2) is 6.70. The molecule has 8 nitrogen and oxygen atoms in total. The average molecular weight is 401 g/mol. The van der Waals surface area contributed by atoms with Crippen molar-refractivity contribution in [2.45, 2.75) is 13.2 Å². The minimum absolute atomic E-state index is 0.0861. The van der Waals surface area contributed by atoms with Crippen LogP contribution in [-0.4, -0.2) is 24.3 Å². The average Bonchev–Trinajstić information content (AvgIpc) is 3.30. The fraction of sp³-hybridized carbons (Fsp3) is 0.143. The normalized spacial score (nSPS) is 12.4. The van der Waals surface area contributed by atoms with Crippen molar-refractivity contribution in [3.8, 4) is 34.3 Å². The van der Waals surface area contributed by atoms with Crippen molar-refractivity contribution in [1.29, 1.82) is 5.26 Å². The molecule has 1 aliphatic heterocycles. The van der Waals surface area contributed by atoms with Gasteiger partial charge in [-0.05, 0) is 24.3 Å². The summed E-state index contributed by atoms with van der Waals surface area (Å²) in [4.78, 5) is 8.46. The number of ether oxygens (including phenoxy) is 1. The number of benzene rings is 1. The van der Waals surface area contributed by atoms with Gasteiger partial charge in [-0.1, -0.05) is 0 Å². The van der Waals surface area contributed by atoms with Gasteiger partial charge in [0.05, 0.1) is 24.3 Å². The number of hydrogen-bond acceptors (Lipinski definition) is 6. The van der Waals surface area contributed by atoms with Crippen LogP contribution in [0.3, 0.4) is 0 Å². The molecule has 0 amide bonds. The highest BCUT2D eigenvalue weighted by Gasteiger charge is 2.21. The van der Waals surface area contributed by atoms with Crippen molar-refractivity contribution in [2.24, 2.45) is 7.05 Å². The van der Waals surface area contributed by atoms with Crippen LogP contribution in [0.15, 0.2) is 43.0 Å². The standard InChI is InChI=1S/C21H16FN7O/c1-28-8-14-9-29-11-26-17(6-23)20(29)12-5-18(21(24)25-7-12)30-10-13-4-15(22)2-3-16(13)19(14)27-28/h2-5,7-8,11H,9-10H2,1H3,(H2,24,25). The molecule has 2 N–H and O–H groups in total. The Morgan fingerprint density at radius 3 is 2.93 bits per heavy atom. The molecule has 4 heterocycles. The topological polar surface area (TPSA) is 108 Å². The number of aryl methyl sites for hydroxylation is 1. The fourth-order valence-electron chi connectivity index (χ4n) is 3.72. The summed E-state index contributed by atoms with van der Waals surface area (Å²) in [6, 6.07) is 8.38. The molecule has 30 heavy (non-hydrogen) atoms. The van der Waals surface area contributed by atoms with Gasteiger partial charge in [-0.2, -0.15) is 10.4 Å². The number of imidazole rings is 1. The highest BCUT2D eigenvalue weighted by Crippen LogP contribution is 2.34. The summed E-state index contributed by atoms with van der Waals surface area (Å²) in [6.07, 6.45) is 5.09. The Morgan fingerprint density at radius 2 is 2.10 bits per heavy atom. The summed E-state index contributed by atoms with van der Waals surface area (Å²) >= 11 is 0. The maximum atomic E-state index is 14.0. The van der Waals surface area contributed by atoms with Crippen molar-refractivity contribution < 1.29 is 9.13 Å². The molecular formula is C21H16FN7O. The van der Waals surface area contributed by atoms with E-state index in [0.29, 0.717) is 34.8 Å². The molecule has 0 unspecified atom stereocenters. The molecule has 0 radical (unpaired) electrons. The van der Waals surface area contributed by atoms with E-state index in [1.807, 2.05) is 17.8 Å². The molecule has 0 saturated carbocycles. The Balaban J connectivity index is 1.79. The zero-order chi connectivity index (χ0) is 20.8. The molecule has 148 valence electrons. The third-order valence-corrected chi connectivity index (χ3v) is 5.05. The molecular weight excluding hydrogens is 385 g/mol. The van der Waals surface area contributed by atoms with Crippen molar-refractivity contribution >= 4 is 5.82 Å². The molecule has 0 aliphatic carbocycles. The number of fused-ring (bicyclic) bond motifs is 7. The third kappa shape index (κ3) is 2.86. The molecule has 0 saturated heterocycles. The van der Waals surface area contributed by atoms with Crippen molar-refractivity contribution in [3.63, 3.8) is 0 Å². The summed E-state index contributed by atoms with van der Waals surface area (Å²) < 4.78 is 23.5. The molecule has 1 aromatic carbocycles. The first kappa shape index (κ1) is 17.9. The van der Waals surface area contributed by atoms with Gasteiger partial charge in [0.25, 0.3) is 0 Å². The van der Waals surface area contributed by atoms with E-state index in [4.69, 9.17) is 10.5 Å². The van der Waals surface area contributed by atoms with E-state index in [0.717, 1.165) is 11.1 Å². The maximum absolute atomic E-state index is 14.0. The monoisotopic (exact) mass is 401 g/mol. The van der Waals surface area contributed by atoms with Gasteiger partial charge in [0.15, 0.2) is 17.3 Å². The summed E-state index contributed by atoms with van der Waals surface area (Å²) in [5.74, 6) is 0.190. The first-order valence-electron chi connectivity index (χ1n) is 9.18. The Hall–Kier alpha value is -4.19. The summed E-state index contributed by atoms with van der Waals surface area (Å²) in [5, 5.41) is 14.2. The van der Waals surface area contributed by atoms with Gasteiger partial charge in [-0.25, -0.2) is 14.4 Å². The van der Waals surface area contributed by atoms with E-state index < -0.39 is 0 Å². The lowest BCUT2D eigenvalue weighted by molar-refractivity contribution is 0.307. The van der Waals surface area contributed by atoms with Crippen LogP contribution in [0.1, 0.15) is 16.8 Å². The van der Waals surface area contributed by atoms with Crippen LogP contribution >= 0.6 is 0 Å². The number of halogens is 1. The molecule has 0 fully saturated rings. The predicted octanol–water partition coefficient (Wildman–Crippen LogP) is 2.88. The predicted molar refractivity (Wildman–Crippen MR) is 107 cm³/mol. The number of nitrogens with zero attached hydrogens (tertiary/aromatic N) is 6. The van der Waals surface area contributed by atoms with Crippen molar-refractivity contribution in [2.75, 3.05) is 5.73 Å². The number of hydrogen-bond donors (Lipinski definition) is 1. The van der Waals surface area contributed by atoms with Crippen LogP contribution in [0, 0.1) is 17.1 Å². The van der Waals surface area contributed by atoms with Crippen LogP contribution in [-0.2, 0) is 20.2 Å². The van der Waals surface area contributed by atoms with Crippen LogP contribution in [0.5, 0.6) is 5.75 Å². The van der Waals surface area contributed by atoms with E-state index in [9.17, 15) is 9.65 Å². The smallest absolute Gasteiger partial charge is 0.166 e. The largest absolute Gasteiger partial charge is 0.485 e. The van der Waals surface area contributed by atoms with Gasteiger partial charge in [0.2, 0.25) is 0 Å². The molecule has 1 aliphatic rings. The van der Waals surface area contributed by atoms with Gasteiger partial charge in [-0.3, -0.25) is 4.68 Å². The Kier molecular flexibility index (Phi) is 3.99. The lowest BCUT2D eigenvalue weighted by atomic mass is 10.0. The van der Waals surface area contributed by atoms with Crippen LogP contribution < -0.4 is 10.5 Å². The number of nitriles is 1. The molecule has 5 rings (SSSR count). The van der Waals surface area contributed by atoms with E-state index in [1.165, 1.54) is 12.1 Å². The van der Waals surface area contributed by atoms with Gasteiger partial charge in [0.1, 0.15) is 18.5 Å². The summed E-state index contributed by atoms with van der Waals surface area (Å²) in [7, 11) is 1.83. The fourth-order valence-corrected chi connectivity index (χ4v) is 3.72. The quantitative estimate of drug-likeness (QED) is 0.485. The molecule has 0 spiro atoms. The minimum atomic E-state index is -0.364. The molecule has 3 aromatic heterocycles. The van der Waals surface area contributed by atoms with Gasteiger partial charge in [-0.15, -0.1) is 0 Å². The third-order valence-electron chi connectivity index (χ3n) is 5.05. The van der Waals surface area contributed by atoms with Crippen LogP contribution in [0.4, 0.5) is 10.2 Å². The van der Waals surface area contributed by atoms with E-state index in [1.54, 1.807) is 29.3 Å². The van der Waals surface area contributed by atoms with E-state index in [-0.39, 0.29) is 23.9 Å².